The SMILES string of the molecule is COCCNC(=O)/C(C#N)=C/c1c(C)nn(-c2ccccc2)c1C. The molecule has 0 atom stereocenters. The van der Waals surface area contributed by atoms with Gasteiger partial charge in [-0.25, -0.2) is 4.68 Å². The van der Waals surface area contributed by atoms with E-state index in [2.05, 4.69) is 10.4 Å². The smallest absolute Gasteiger partial charge is 0.262 e. The predicted molar refractivity (Wildman–Crippen MR) is 91.5 cm³/mol. The number of hydrogen-bond acceptors (Lipinski definition) is 4. The molecule has 0 saturated carbocycles. The number of nitriles is 1. The zero-order valence-corrected chi connectivity index (χ0v) is 14.0. The molecule has 0 aliphatic rings. The third kappa shape index (κ3) is 3.89. The third-order valence-corrected chi connectivity index (χ3v) is 3.59. The van der Waals surface area contributed by atoms with Crippen LogP contribution >= 0.6 is 0 Å². The largest absolute Gasteiger partial charge is 0.383 e. The molecule has 124 valence electrons. The Kier molecular flexibility index (Phi) is 5.88. The molecule has 0 aliphatic carbocycles. The molecule has 2 aromatic rings. The summed E-state index contributed by atoms with van der Waals surface area (Å²) < 4.78 is 6.69. The first-order valence-corrected chi connectivity index (χ1v) is 7.59. The van der Waals surface area contributed by atoms with Crippen molar-refractivity contribution in [1.82, 2.24) is 15.1 Å². The number of aromatic nitrogens is 2. The average molecular weight is 324 g/mol. The Hall–Kier alpha value is -2.91. The summed E-state index contributed by atoms with van der Waals surface area (Å²) in [6.45, 7) is 4.52. The van der Waals surface area contributed by atoms with Gasteiger partial charge in [0.25, 0.3) is 5.91 Å². The van der Waals surface area contributed by atoms with E-state index in [1.807, 2.05) is 50.2 Å². The Morgan fingerprint density at radius 3 is 2.71 bits per heavy atom. The van der Waals surface area contributed by atoms with Gasteiger partial charge in [0.15, 0.2) is 0 Å². The summed E-state index contributed by atoms with van der Waals surface area (Å²) in [5.41, 5.74) is 3.38. The normalized spacial score (nSPS) is 11.2. The topological polar surface area (TPSA) is 79.9 Å². The van der Waals surface area contributed by atoms with Gasteiger partial charge in [-0.3, -0.25) is 4.79 Å². The molecule has 0 bridgehead atoms. The number of aryl methyl sites for hydroxylation is 1. The van der Waals surface area contributed by atoms with Crippen molar-refractivity contribution >= 4 is 12.0 Å². The molecule has 0 spiro atoms. The van der Waals surface area contributed by atoms with Gasteiger partial charge in [0.1, 0.15) is 11.6 Å². The summed E-state index contributed by atoms with van der Waals surface area (Å²) in [7, 11) is 1.55. The molecule has 0 saturated heterocycles. The van der Waals surface area contributed by atoms with E-state index in [0.29, 0.717) is 13.2 Å². The molecular weight excluding hydrogens is 304 g/mol. The molecule has 1 heterocycles. The molecule has 0 radical (unpaired) electrons. The van der Waals surface area contributed by atoms with E-state index in [1.54, 1.807) is 17.9 Å². The summed E-state index contributed by atoms with van der Waals surface area (Å²) in [5.74, 6) is -0.416. The Labute approximate surface area is 141 Å². The summed E-state index contributed by atoms with van der Waals surface area (Å²) in [6, 6.07) is 11.7. The molecule has 1 N–H and O–H groups in total. The summed E-state index contributed by atoms with van der Waals surface area (Å²) in [5, 5.41) is 16.4. The van der Waals surface area contributed by atoms with Gasteiger partial charge in [0.2, 0.25) is 0 Å². The highest BCUT2D eigenvalue weighted by molar-refractivity contribution is 6.01. The van der Waals surface area contributed by atoms with Gasteiger partial charge in [-0.2, -0.15) is 10.4 Å². The maximum absolute atomic E-state index is 12.1. The van der Waals surface area contributed by atoms with Crippen LogP contribution in [0.2, 0.25) is 0 Å². The standard InChI is InChI=1S/C18H20N4O2/c1-13-17(11-15(12-19)18(23)20-9-10-24-3)14(2)22(21-13)16-7-5-4-6-8-16/h4-8,11H,9-10H2,1-3H3,(H,20,23)/b15-11+. The Balaban J connectivity index is 2.33. The van der Waals surface area contributed by atoms with E-state index in [0.717, 1.165) is 22.6 Å². The number of hydrogen-bond donors (Lipinski definition) is 1. The molecule has 6 nitrogen and oxygen atoms in total. The lowest BCUT2D eigenvalue weighted by Gasteiger charge is -2.05. The Morgan fingerprint density at radius 1 is 1.38 bits per heavy atom. The van der Waals surface area contributed by atoms with Crippen LogP contribution in [0.5, 0.6) is 0 Å². The zero-order chi connectivity index (χ0) is 17.5. The second-order valence-electron chi connectivity index (χ2n) is 5.25. The van der Waals surface area contributed by atoms with E-state index >= 15 is 0 Å². The molecule has 1 amide bonds. The minimum Gasteiger partial charge on any atom is -0.383 e. The lowest BCUT2D eigenvalue weighted by molar-refractivity contribution is -0.117. The highest BCUT2D eigenvalue weighted by Crippen LogP contribution is 2.20. The molecular formula is C18H20N4O2. The number of ether oxygens (including phenoxy) is 1. The van der Waals surface area contributed by atoms with Gasteiger partial charge in [-0.1, -0.05) is 18.2 Å². The van der Waals surface area contributed by atoms with Crippen LogP contribution < -0.4 is 5.32 Å². The maximum Gasteiger partial charge on any atom is 0.262 e. The maximum atomic E-state index is 12.1. The van der Waals surface area contributed by atoms with Gasteiger partial charge in [0, 0.05) is 24.9 Å². The highest BCUT2D eigenvalue weighted by Gasteiger charge is 2.15. The average Bonchev–Trinajstić information content (AvgIpc) is 2.88. The van der Waals surface area contributed by atoms with Gasteiger partial charge in [0.05, 0.1) is 18.0 Å². The fourth-order valence-electron chi connectivity index (χ4n) is 2.34. The van der Waals surface area contributed by atoms with Crippen molar-refractivity contribution in [1.29, 1.82) is 5.26 Å². The second kappa shape index (κ2) is 8.09. The molecule has 0 fully saturated rings. The van der Waals surface area contributed by atoms with Crippen LogP contribution in [0.4, 0.5) is 0 Å². The number of carbonyl (C=O) groups is 1. The number of methoxy groups -OCH3 is 1. The van der Waals surface area contributed by atoms with E-state index in [-0.39, 0.29) is 5.57 Å². The molecule has 1 aromatic heterocycles. The first kappa shape index (κ1) is 17.4. The van der Waals surface area contributed by atoms with E-state index in [4.69, 9.17) is 4.74 Å². The minimum absolute atomic E-state index is 0.0462. The van der Waals surface area contributed by atoms with Crippen LogP contribution in [0.1, 0.15) is 17.0 Å². The van der Waals surface area contributed by atoms with Crippen molar-refractivity contribution in [3.05, 3.63) is 52.9 Å². The van der Waals surface area contributed by atoms with E-state index in [1.165, 1.54) is 0 Å². The third-order valence-electron chi connectivity index (χ3n) is 3.59. The molecule has 24 heavy (non-hydrogen) atoms. The quantitative estimate of drug-likeness (QED) is 0.502. The first-order chi connectivity index (χ1) is 11.6. The zero-order valence-electron chi connectivity index (χ0n) is 14.0. The number of amides is 1. The van der Waals surface area contributed by atoms with Crippen molar-refractivity contribution in [3.63, 3.8) is 0 Å². The number of nitrogens with one attached hydrogen (secondary N) is 1. The van der Waals surface area contributed by atoms with Crippen LogP contribution in [-0.2, 0) is 9.53 Å². The van der Waals surface area contributed by atoms with Crippen molar-refractivity contribution in [2.24, 2.45) is 0 Å². The van der Waals surface area contributed by atoms with Crippen molar-refractivity contribution in [2.75, 3.05) is 20.3 Å². The Bertz CT molecular complexity index is 785. The van der Waals surface area contributed by atoms with E-state index in [9.17, 15) is 10.1 Å². The highest BCUT2D eigenvalue weighted by atomic mass is 16.5. The van der Waals surface area contributed by atoms with Gasteiger partial charge in [-0.05, 0) is 32.1 Å². The number of benzene rings is 1. The van der Waals surface area contributed by atoms with Crippen LogP contribution in [0.25, 0.3) is 11.8 Å². The van der Waals surface area contributed by atoms with Gasteiger partial charge >= 0.3 is 0 Å². The molecule has 1 aromatic carbocycles. The second-order valence-corrected chi connectivity index (χ2v) is 5.25. The number of nitrogens with zero attached hydrogens (tertiary/aromatic N) is 3. The number of carbonyl (C=O) groups excluding carboxylic acids is 1. The summed E-state index contributed by atoms with van der Waals surface area (Å²) >= 11 is 0. The van der Waals surface area contributed by atoms with Crippen LogP contribution in [0.3, 0.4) is 0 Å². The van der Waals surface area contributed by atoms with Gasteiger partial charge < -0.3 is 10.1 Å². The number of rotatable bonds is 6. The fourth-order valence-corrected chi connectivity index (χ4v) is 2.34. The lowest BCUT2D eigenvalue weighted by atomic mass is 10.1. The minimum atomic E-state index is -0.416. The van der Waals surface area contributed by atoms with Crippen molar-refractivity contribution in [2.45, 2.75) is 13.8 Å². The molecule has 6 heteroatoms. The monoisotopic (exact) mass is 324 g/mol. The predicted octanol–water partition coefficient (Wildman–Crippen LogP) is 2.16. The molecule has 2 rings (SSSR count). The number of para-hydroxylation sites is 1. The van der Waals surface area contributed by atoms with Crippen molar-refractivity contribution in [3.8, 4) is 11.8 Å². The molecule has 0 aliphatic heterocycles. The van der Waals surface area contributed by atoms with E-state index < -0.39 is 5.91 Å². The van der Waals surface area contributed by atoms with Crippen LogP contribution in [0.15, 0.2) is 35.9 Å². The lowest BCUT2D eigenvalue weighted by Crippen LogP contribution is -2.27. The van der Waals surface area contributed by atoms with Crippen LogP contribution in [0, 0.1) is 25.2 Å². The summed E-state index contributed by atoms with van der Waals surface area (Å²) in [6.07, 6.45) is 1.58. The first-order valence-electron chi connectivity index (χ1n) is 7.59. The van der Waals surface area contributed by atoms with Gasteiger partial charge in [-0.15, -0.1) is 0 Å². The Morgan fingerprint density at radius 2 is 2.08 bits per heavy atom. The van der Waals surface area contributed by atoms with Crippen LogP contribution in [-0.4, -0.2) is 35.9 Å². The summed E-state index contributed by atoms with van der Waals surface area (Å²) in [4.78, 5) is 12.1. The fraction of sp³-hybridized carbons (Fsp3) is 0.278. The van der Waals surface area contributed by atoms with Crippen molar-refractivity contribution < 1.29 is 9.53 Å². The molecule has 0 unspecified atom stereocenters.